The highest BCUT2D eigenvalue weighted by atomic mass is 16.5. The summed E-state index contributed by atoms with van der Waals surface area (Å²) in [6.07, 6.45) is 0. The molecule has 0 amide bonds. The van der Waals surface area contributed by atoms with Gasteiger partial charge in [0, 0.05) is 39.0 Å². The highest BCUT2D eigenvalue weighted by Crippen LogP contribution is 2.46. The van der Waals surface area contributed by atoms with Crippen LogP contribution in [0.5, 0.6) is 23.0 Å². The van der Waals surface area contributed by atoms with Crippen LogP contribution in [0.25, 0.3) is 49.7 Å². The van der Waals surface area contributed by atoms with Crippen molar-refractivity contribution in [2.45, 2.75) is 0 Å². The molecule has 0 saturated carbocycles. The molecule has 3 heterocycles. The summed E-state index contributed by atoms with van der Waals surface area (Å²) < 4.78 is 16.6. The van der Waals surface area contributed by atoms with Crippen molar-refractivity contribution in [2.24, 2.45) is 0 Å². The molecule has 12 rings (SSSR count). The Hall–Kier alpha value is -7.76. The molecule has 1 aromatic heterocycles. The van der Waals surface area contributed by atoms with Crippen molar-refractivity contribution in [2.75, 3.05) is 4.90 Å². The van der Waals surface area contributed by atoms with Gasteiger partial charge in [-0.2, -0.15) is 0 Å². The maximum absolute atomic E-state index is 7.26. The van der Waals surface area contributed by atoms with Gasteiger partial charge in [-0.3, -0.25) is 0 Å². The van der Waals surface area contributed by atoms with Crippen LogP contribution in [0, 0.1) is 0 Å². The Bertz CT molecular complexity index is 3110. The van der Waals surface area contributed by atoms with Gasteiger partial charge in [0.1, 0.15) is 17.2 Å². The van der Waals surface area contributed by atoms with Gasteiger partial charge in [0.25, 0.3) is 6.71 Å². The Balaban J connectivity index is 1.14. The van der Waals surface area contributed by atoms with Gasteiger partial charge >= 0.3 is 0 Å². The van der Waals surface area contributed by atoms with Gasteiger partial charge in [0.05, 0.1) is 11.0 Å². The fourth-order valence-electron chi connectivity index (χ4n) is 9.23. The molecule has 0 saturated heterocycles. The summed E-state index contributed by atoms with van der Waals surface area (Å²) in [7, 11) is 0. The number of fused-ring (bicyclic) bond motifs is 8. The SMILES string of the molecule is c1ccc(-c2ccc3c(c2)B2c4cc(-c5ccccc5)ccc4Oc4c2c(cc2c5ccc(N(c6ccccc6)c6ccccc6)cc5n(-c5ccccc5)c42)O3)cc1. The molecule has 0 spiro atoms. The first-order valence-corrected chi connectivity index (χ1v) is 20.1. The average Bonchev–Trinajstić information content (AvgIpc) is 3.63. The normalized spacial score (nSPS) is 12.3. The molecule has 10 aromatic rings. The molecule has 0 unspecified atom stereocenters. The lowest BCUT2D eigenvalue weighted by molar-refractivity contribution is 0.468. The molecule has 9 aromatic carbocycles. The van der Waals surface area contributed by atoms with Crippen LogP contribution < -0.4 is 30.8 Å². The van der Waals surface area contributed by atoms with Crippen molar-refractivity contribution in [3.8, 4) is 50.9 Å². The molecule has 2 aliphatic heterocycles. The van der Waals surface area contributed by atoms with Crippen LogP contribution in [0.1, 0.15) is 0 Å². The van der Waals surface area contributed by atoms with Crippen molar-refractivity contribution in [1.82, 2.24) is 4.57 Å². The molecule has 5 heteroatoms. The van der Waals surface area contributed by atoms with Crippen molar-refractivity contribution in [3.63, 3.8) is 0 Å². The number of hydrogen-bond donors (Lipinski definition) is 0. The molecule has 0 atom stereocenters. The molecule has 2 aliphatic rings. The van der Waals surface area contributed by atoms with E-state index in [0.717, 1.165) is 95.1 Å². The van der Waals surface area contributed by atoms with Gasteiger partial charge in [0.15, 0.2) is 5.75 Å². The smallest absolute Gasteiger partial charge is 0.260 e. The topological polar surface area (TPSA) is 26.6 Å². The highest BCUT2D eigenvalue weighted by Gasteiger charge is 2.42. The maximum Gasteiger partial charge on any atom is 0.260 e. The largest absolute Gasteiger partial charge is 0.458 e. The van der Waals surface area contributed by atoms with E-state index in [2.05, 4.69) is 222 Å². The number of rotatable bonds is 6. The highest BCUT2D eigenvalue weighted by molar-refractivity contribution is 6.98. The summed E-state index contributed by atoms with van der Waals surface area (Å²) >= 11 is 0. The van der Waals surface area contributed by atoms with Crippen LogP contribution in [0.3, 0.4) is 0 Å². The van der Waals surface area contributed by atoms with E-state index in [9.17, 15) is 0 Å². The van der Waals surface area contributed by atoms with Crippen LogP contribution in [0.4, 0.5) is 17.1 Å². The van der Waals surface area contributed by atoms with E-state index in [4.69, 9.17) is 9.47 Å². The molecule has 0 fully saturated rings. The molecule has 0 aliphatic carbocycles. The average molecular weight is 755 g/mol. The molecular weight excluding hydrogens is 719 g/mol. The number of aromatic nitrogens is 1. The summed E-state index contributed by atoms with van der Waals surface area (Å²) in [4.78, 5) is 2.32. The Morgan fingerprint density at radius 2 is 0.915 bits per heavy atom. The van der Waals surface area contributed by atoms with E-state index < -0.39 is 0 Å². The van der Waals surface area contributed by atoms with E-state index in [1.165, 1.54) is 11.1 Å². The van der Waals surface area contributed by atoms with Crippen molar-refractivity contribution < 1.29 is 9.47 Å². The third-order valence-corrected chi connectivity index (χ3v) is 11.9. The Kier molecular flexibility index (Phi) is 7.60. The summed E-state index contributed by atoms with van der Waals surface area (Å²) in [6.45, 7) is -0.131. The number of para-hydroxylation sites is 3. The maximum atomic E-state index is 7.26. The van der Waals surface area contributed by atoms with Crippen molar-refractivity contribution in [1.29, 1.82) is 0 Å². The Labute approximate surface area is 342 Å². The van der Waals surface area contributed by atoms with Crippen LogP contribution in [-0.2, 0) is 0 Å². The molecular formula is C54H35BN2O2. The Morgan fingerprint density at radius 3 is 1.49 bits per heavy atom. The van der Waals surface area contributed by atoms with Gasteiger partial charge in [-0.1, -0.05) is 146 Å². The zero-order valence-corrected chi connectivity index (χ0v) is 32.0. The van der Waals surface area contributed by atoms with E-state index in [0.29, 0.717) is 0 Å². The van der Waals surface area contributed by atoms with Crippen LogP contribution >= 0.6 is 0 Å². The van der Waals surface area contributed by atoms with E-state index in [1.807, 2.05) is 0 Å². The fraction of sp³-hybridized carbons (Fsp3) is 0. The van der Waals surface area contributed by atoms with E-state index >= 15 is 0 Å². The summed E-state index contributed by atoms with van der Waals surface area (Å²) in [5.41, 5.74) is 14.3. The quantitative estimate of drug-likeness (QED) is 0.158. The van der Waals surface area contributed by atoms with Gasteiger partial charge in [0.2, 0.25) is 0 Å². The second-order valence-corrected chi connectivity index (χ2v) is 15.3. The molecule has 0 radical (unpaired) electrons. The first kappa shape index (κ1) is 33.4. The Morgan fingerprint density at radius 1 is 0.390 bits per heavy atom. The van der Waals surface area contributed by atoms with Gasteiger partial charge in [-0.25, -0.2) is 0 Å². The number of benzene rings is 9. The lowest BCUT2D eigenvalue weighted by Crippen LogP contribution is -2.57. The summed E-state index contributed by atoms with van der Waals surface area (Å²) in [5, 5.41) is 2.19. The van der Waals surface area contributed by atoms with Gasteiger partial charge < -0.3 is 18.9 Å². The number of anilines is 3. The number of ether oxygens (including phenoxy) is 2. The molecule has 0 bridgehead atoms. The van der Waals surface area contributed by atoms with Gasteiger partial charge in [-0.15, -0.1) is 0 Å². The molecule has 276 valence electrons. The minimum Gasteiger partial charge on any atom is -0.458 e. The van der Waals surface area contributed by atoms with Crippen molar-refractivity contribution >= 4 is 62.0 Å². The van der Waals surface area contributed by atoms with E-state index in [1.54, 1.807) is 0 Å². The predicted molar refractivity (Wildman–Crippen MR) is 244 cm³/mol. The fourth-order valence-corrected chi connectivity index (χ4v) is 9.23. The summed E-state index contributed by atoms with van der Waals surface area (Å²) in [5.74, 6) is 3.35. The lowest BCUT2D eigenvalue weighted by atomic mass is 9.34. The van der Waals surface area contributed by atoms with Crippen LogP contribution in [0.15, 0.2) is 212 Å². The number of nitrogens with zero attached hydrogens (tertiary/aromatic N) is 2. The minimum absolute atomic E-state index is 0.131. The van der Waals surface area contributed by atoms with E-state index in [-0.39, 0.29) is 6.71 Å². The van der Waals surface area contributed by atoms with Gasteiger partial charge in [-0.05, 0) is 99.9 Å². The first-order chi connectivity index (χ1) is 29.3. The predicted octanol–water partition coefficient (Wildman–Crippen LogP) is 12.3. The summed E-state index contributed by atoms with van der Waals surface area (Å²) in [6, 6.07) is 75.3. The molecule has 59 heavy (non-hydrogen) atoms. The molecule has 4 nitrogen and oxygen atoms in total. The second kappa shape index (κ2) is 13.4. The third-order valence-electron chi connectivity index (χ3n) is 11.9. The first-order valence-electron chi connectivity index (χ1n) is 20.1. The van der Waals surface area contributed by atoms with Crippen LogP contribution in [0.2, 0.25) is 0 Å². The minimum atomic E-state index is -0.131. The number of hydrogen-bond acceptors (Lipinski definition) is 3. The third kappa shape index (κ3) is 5.39. The monoisotopic (exact) mass is 754 g/mol. The zero-order valence-electron chi connectivity index (χ0n) is 32.0. The second-order valence-electron chi connectivity index (χ2n) is 15.3. The van der Waals surface area contributed by atoms with Crippen LogP contribution in [-0.4, -0.2) is 11.3 Å². The molecule has 0 N–H and O–H groups in total. The lowest BCUT2D eigenvalue weighted by Gasteiger charge is -2.34. The standard InChI is InChI=1S/C54H35BN2O2/c1-6-16-36(17-7-1)38-26-30-49-46(32-38)55-47-33-39(37-18-8-2-9-19-37)27-31-50(47)59-54-52(55)51(58-49)35-45-44-29-28-43(34-48(44)57(53(45)54)42-24-14-5-15-25-42)56(40-20-10-3-11-21-40)41-22-12-4-13-23-41/h1-35H. The van der Waals surface area contributed by atoms with Crippen molar-refractivity contribution in [3.05, 3.63) is 212 Å². The zero-order chi connectivity index (χ0) is 38.9.